The van der Waals surface area contributed by atoms with Crippen LogP contribution in [0.4, 0.5) is 17.1 Å². The van der Waals surface area contributed by atoms with E-state index in [9.17, 15) is 4.91 Å². The van der Waals surface area contributed by atoms with Gasteiger partial charge in [0.1, 0.15) is 5.69 Å². The van der Waals surface area contributed by atoms with Crippen LogP contribution in [0.1, 0.15) is 18.9 Å². The molecule has 0 aliphatic carbocycles. The van der Waals surface area contributed by atoms with Gasteiger partial charge in [-0.05, 0) is 47.5 Å². The van der Waals surface area contributed by atoms with Crippen LogP contribution < -0.4 is 5.32 Å². The molecule has 92 valence electrons. The Balaban J connectivity index is 2.29. The Morgan fingerprint density at radius 3 is 2.56 bits per heavy atom. The average molecular weight is 240 g/mol. The van der Waals surface area contributed by atoms with E-state index in [2.05, 4.69) is 17.4 Å². The zero-order chi connectivity index (χ0) is 12.8. The molecule has 0 saturated heterocycles. The van der Waals surface area contributed by atoms with Crippen molar-refractivity contribution in [3.8, 4) is 0 Å². The second kappa shape index (κ2) is 5.96. The molecule has 0 bridgehead atoms. The number of hydrogen-bond donors (Lipinski definition) is 1. The lowest BCUT2D eigenvalue weighted by atomic mass is 10.1. The largest absolute Gasteiger partial charge is 0.355 e. The molecule has 0 spiro atoms. The van der Waals surface area contributed by atoms with Crippen LogP contribution in [-0.2, 0) is 6.42 Å². The molecule has 2 rings (SSSR count). The van der Waals surface area contributed by atoms with Crippen molar-refractivity contribution in [2.75, 3.05) is 5.32 Å². The average Bonchev–Trinajstić information content (AvgIpc) is 2.42. The van der Waals surface area contributed by atoms with Crippen LogP contribution in [0, 0.1) is 4.91 Å². The summed E-state index contributed by atoms with van der Waals surface area (Å²) in [6.45, 7) is 2.12. The van der Waals surface area contributed by atoms with Gasteiger partial charge in [0.2, 0.25) is 0 Å². The molecule has 1 N–H and O–H groups in total. The van der Waals surface area contributed by atoms with Crippen LogP contribution in [0.15, 0.2) is 53.7 Å². The molecule has 3 heteroatoms. The van der Waals surface area contributed by atoms with Gasteiger partial charge >= 0.3 is 0 Å². The van der Waals surface area contributed by atoms with Crippen molar-refractivity contribution in [3.05, 3.63) is 59.0 Å². The van der Waals surface area contributed by atoms with Gasteiger partial charge in [0.15, 0.2) is 0 Å². The summed E-state index contributed by atoms with van der Waals surface area (Å²) in [4.78, 5) is 10.6. The lowest BCUT2D eigenvalue weighted by molar-refractivity contribution is 0.923. The number of benzene rings is 2. The molecular weight excluding hydrogens is 224 g/mol. The number of nitrogens with one attached hydrogen (secondary N) is 1. The monoisotopic (exact) mass is 240 g/mol. The van der Waals surface area contributed by atoms with Gasteiger partial charge in [0, 0.05) is 11.4 Å². The Bertz CT molecular complexity index is 523. The van der Waals surface area contributed by atoms with Gasteiger partial charge in [0.05, 0.1) is 0 Å². The zero-order valence-electron chi connectivity index (χ0n) is 10.4. The van der Waals surface area contributed by atoms with Crippen LogP contribution >= 0.6 is 0 Å². The summed E-state index contributed by atoms with van der Waals surface area (Å²) in [6, 6.07) is 15.5. The van der Waals surface area contributed by atoms with E-state index in [-0.39, 0.29) is 0 Å². The Morgan fingerprint density at radius 2 is 1.89 bits per heavy atom. The van der Waals surface area contributed by atoms with Crippen molar-refractivity contribution in [1.29, 1.82) is 0 Å². The molecule has 3 nitrogen and oxygen atoms in total. The van der Waals surface area contributed by atoms with Gasteiger partial charge in [-0.25, -0.2) is 0 Å². The molecule has 2 aromatic rings. The maximum atomic E-state index is 10.6. The molecule has 0 aliphatic rings. The summed E-state index contributed by atoms with van der Waals surface area (Å²) in [6.07, 6.45) is 1.96. The summed E-state index contributed by atoms with van der Waals surface area (Å²) < 4.78 is 0. The minimum atomic E-state index is 0.483. The minimum absolute atomic E-state index is 0.483. The third-order valence-electron chi connectivity index (χ3n) is 2.77. The van der Waals surface area contributed by atoms with Gasteiger partial charge in [-0.1, -0.05) is 31.5 Å². The third kappa shape index (κ3) is 2.94. The summed E-state index contributed by atoms with van der Waals surface area (Å²) in [5, 5.41) is 6.35. The smallest absolute Gasteiger partial charge is 0.108 e. The quantitative estimate of drug-likeness (QED) is 0.764. The summed E-state index contributed by atoms with van der Waals surface area (Å²) in [5.41, 5.74) is 3.69. The van der Waals surface area contributed by atoms with E-state index >= 15 is 0 Å². The number of nitrogens with zero attached hydrogens (tertiary/aromatic N) is 1. The van der Waals surface area contributed by atoms with Gasteiger partial charge in [-0.3, -0.25) is 0 Å². The number of rotatable bonds is 5. The molecule has 0 aromatic heterocycles. The number of anilines is 2. The number of aryl methyl sites for hydroxylation is 1. The van der Waals surface area contributed by atoms with Crippen LogP contribution in [0.3, 0.4) is 0 Å². The van der Waals surface area contributed by atoms with Crippen molar-refractivity contribution in [3.63, 3.8) is 0 Å². The topological polar surface area (TPSA) is 41.5 Å². The van der Waals surface area contributed by atoms with Gasteiger partial charge in [0.25, 0.3) is 0 Å². The highest BCUT2D eigenvalue weighted by Gasteiger charge is 2.04. The zero-order valence-corrected chi connectivity index (χ0v) is 10.4. The Hall–Kier alpha value is -2.16. The van der Waals surface area contributed by atoms with E-state index < -0.39 is 0 Å². The highest BCUT2D eigenvalue weighted by atomic mass is 16.3. The van der Waals surface area contributed by atoms with Gasteiger partial charge < -0.3 is 5.32 Å². The third-order valence-corrected chi connectivity index (χ3v) is 2.77. The second-order valence-electron chi connectivity index (χ2n) is 4.17. The van der Waals surface area contributed by atoms with Crippen molar-refractivity contribution in [2.45, 2.75) is 19.8 Å². The van der Waals surface area contributed by atoms with Crippen molar-refractivity contribution >= 4 is 17.1 Å². The van der Waals surface area contributed by atoms with E-state index in [1.165, 1.54) is 0 Å². The van der Waals surface area contributed by atoms with E-state index in [4.69, 9.17) is 0 Å². The maximum absolute atomic E-state index is 10.6. The fraction of sp³-hybridized carbons (Fsp3) is 0.200. The Labute approximate surface area is 107 Å². The van der Waals surface area contributed by atoms with Crippen LogP contribution in [0.25, 0.3) is 0 Å². The first-order valence-corrected chi connectivity index (χ1v) is 6.12. The van der Waals surface area contributed by atoms with Crippen molar-refractivity contribution in [1.82, 2.24) is 0 Å². The Morgan fingerprint density at radius 1 is 1.11 bits per heavy atom. The summed E-state index contributed by atoms with van der Waals surface area (Å²) in [7, 11) is 0. The van der Waals surface area contributed by atoms with Crippen LogP contribution in [0.2, 0.25) is 0 Å². The van der Waals surface area contributed by atoms with Crippen molar-refractivity contribution < 1.29 is 0 Å². The van der Waals surface area contributed by atoms with E-state index in [0.717, 1.165) is 29.8 Å². The SMILES string of the molecule is CCCc1cc(N=O)ccc1Nc1ccccc1. The first-order chi connectivity index (χ1) is 8.83. The highest BCUT2D eigenvalue weighted by Crippen LogP contribution is 2.26. The maximum Gasteiger partial charge on any atom is 0.108 e. The fourth-order valence-corrected chi connectivity index (χ4v) is 1.91. The standard InChI is InChI=1S/C15H16N2O/c1-2-6-12-11-14(17-18)9-10-15(12)16-13-7-4-3-5-8-13/h3-5,7-11,16H,2,6H2,1H3. The lowest BCUT2D eigenvalue weighted by Gasteiger charge is -2.11. The normalized spacial score (nSPS) is 10.1. The number of para-hydroxylation sites is 1. The molecule has 0 radical (unpaired) electrons. The van der Waals surface area contributed by atoms with Crippen LogP contribution in [-0.4, -0.2) is 0 Å². The van der Waals surface area contributed by atoms with Gasteiger partial charge in [-0.15, -0.1) is 4.91 Å². The molecule has 0 saturated carbocycles. The fourth-order valence-electron chi connectivity index (χ4n) is 1.91. The number of nitroso groups, excluding NO2 is 1. The molecule has 0 amide bonds. The number of hydrogen-bond acceptors (Lipinski definition) is 3. The van der Waals surface area contributed by atoms with Gasteiger partial charge in [-0.2, -0.15) is 0 Å². The predicted octanol–water partition coefficient (Wildman–Crippen LogP) is 4.78. The first kappa shape index (κ1) is 12.3. The van der Waals surface area contributed by atoms with E-state index in [1.54, 1.807) is 6.07 Å². The second-order valence-corrected chi connectivity index (χ2v) is 4.17. The molecule has 18 heavy (non-hydrogen) atoms. The molecule has 0 unspecified atom stereocenters. The first-order valence-electron chi connectivity index (χ1n) is 6.12. The Kier molecular flexibility index (Phi) is 4.07. The molecule has 0 aliphatic heterocycles. The molecular formula is C15H16N2O. The minimum Gasteiger partial charge on any atom is -0.355 e. The molecule has 0 heterocycles. The summed E-state index contributed by atoms with van der Waals surface area (Å²) in [5.74, 6) is 0. The summed E-state index contributed by atoms with van der Waals surface area (Å²) >= 11 is 0. The highest BCUT2D eigenvalue weighted by molar-refractivity contribution is 5.65. The molecule has 0 fully saturated rings. The van der Waals surface area contributed by atoms with E-state index in [0.29, 0.717) is 5.69 Å². The lowest BCUT2D eigenvalue weighted by Crippen LogP contribution is -1.95. The van der Waals surface area contributed by atoms with Crippen molar-refractivity contribution in [2.24, 2.45) is 5.18 Å². The predicted molar refractivity (Wildman–Crippen MR) is 75.6 cm³/mol. The van der Waals surface area contributed by atoms with Crippen LogP contribution in [0.5, 0.6) is 0 Å². The van der Waals surface area contributed by atoms with E-state index in [1.807, 2.05) is 42.5 Å². The molecule has 2 aromatic carbocycles. The molecule has 0 atom stereocenters.